The highest BCUT2D eigenvalue weighted by Gasteiger charge is 2.48. The molecule has 0 spiro atoms. The van der Waals surface area contributed by atoms with Gasteiger partial charge in [-0.2, -0.15) is 0 Å². The first-order chi connectivity index (χ1) is 8.77. The van der Waals surface area contributed by atoms with Gasteiger partial charge in [-0.25, -0.2) is 0 Å². The molecule has 0 heterocycles. The van der Waals surface area contributed by atoms with Crippen molar-refractivity contribution in [3.8, 4) is 12.3 Å². The van der Waals surface area contributed by atoms with E-state index in [-0.39, 0.29) is 11.7 Å². The zero-order valence-electron chi connectivity index (χ0n) is 11.0. The van der Waals surface area contributed by atoms with Gasteiger partial charge in [0, 0.05) is 5.92 Å². The Morgan fingerprint density at radius 1 is 1.33 bits per heavy atom. The topological polar surface area (TPSA) is 17.1 Å². The Kier molecular flexibility index (Phi) is 4.42. The molecule has 0 N–H and O–H groups in total. The number of terminal acetylenes is 1. The molecule has 2 saturated carbocycles. The molecule has 0 radical (unpaired) electrons. The van der Waals surface area contributed by atoms with Gasteiger partial charge in [0.25, 0.3) is 0 Å². The molecule has 2 bridgehead atoms. The Hall–Kier alpha value is -1.29. The third-order valence-corrected chi connectivity index (χ3v) is 4.56. The molecule has 0 aromatic rings. The first-order valence-corrected chi connectivity index (χ1v) is 7.06. The average molecular weight is 242 g/mol. The summed E-state index contributed by atoms with van der Waals surface area (Å²) in [5.74, 6) is 4.16. The quantitative estimate of drug-likeness (QED) is 0.300. The summed E-state index contributed by atoms with van der Waals surface area (Å²) in [5.41, 5.74) is 0. The van der Waals surface area contributed by atoms with Crippen LogP contribution in [0.1, 0.15) is 38.5 Å². The molecule has 0 saturated heterocycles. The molecule has 1 nitrogen and oxygen atoms in total. The van der Waals surface area contributed by atoms with E-state index in [1.807, 2.05) is 6.08 Å². The van der Waals surface area contributed by atoms with Crippen molar-refractivity contribution >= 4 is 5.78 Å². The third-order valence-electron chi connectivity index (χ3n) is 4.56. The van der Waals surface area contributed by atoms with Crippen molar-refractivity contribution in [3.05, 3.63) is 24.8 Å². The molecule has 0 aliphatic heterocycles. The second kappa shape index (κ2) is 6.05. The second-order valence-electron chi connectivity index (χ2n) is 5.59. The maximum Gasteiger partial charge on any atom is 0.209 e. The van der Waals surface area contributed by atoms with Gasteiger partial charge in [-0.15, -0.1) is 13.0 Å². The molecule has 2 fully saturated rings. The average Bonchev–Trinajstić information content (AvgIpc) is 2.98. The lowest BCUT2D eigenvalue weighted by Crippen LogP contribution is -2.27. The van der Waals surface area contributed by atoms with Crippen molar-refractivity contribution in [2.75, 3.05) is 0 Å². The Labute approximate surface area is 110 Å². The van der Waals surface area contributed by atoms with Gasteiger partial charge in [-0.1, -0.05) is 18.2 Å². The maximum absolute atomic E-state index is 11.9. The van der Waals surface area contributed by atoms with Gasteiger partial charge in [0.15, 0.2) is 0 Å². The van der Waals surface area contributed by atoms with Gasteiger partial charge in [0.2, 0.25) is 5.78 Å². The predicted octanol–water partition coefficient (Wildman–Crippen LogP) is 3.76. The molecular weight excluding hydrogens is 220 g/mol. The van der Waals surface area contributed by atoms with Crippen molar-refractivity contribution in [3.63, 3.8) is 0 Å². The van der Waals surface area contributed by atoms with Crippen LogP contribution in [0.5, 0.6) is 0 Å². The summed E-state index contributed by atoms with van der Waals surface area (Å²) in [6, 6.07) is 0. The maximum atomic E-state index is 11.9. The third kappa shape index (κ3) is 2.58. The summed E-state index contributed by atoms with van der Waals surface area (Å²) < 4.78 is 0. The largest absolute Gasteiger partial charge is 0.285 e. The molecule has 1 heteroatoms. The molecule has 96 valence electrons. The van der Waals surface area contributed by atoms with E-state index in [4.69, 9.17) is 6.42 Å². The van der Waals surface area contributed by atoms with Crippen LogP contribution in [0, 0.1) is 36.0 Å². The highest BCUT2D eigenvalue weighted by atomic mass is 16.1. The minimum absolute atomic E-state index is 0.0305. The molecule has 2 aliphatic carbocycles. The monoisotopic (exact) mass is 242 g/mol. The second-order valence-corrected chi connectivity index (χ2v) is 5.59. The highest BCUT2D eigenvalue weighted by molar-refractivity contribution is 5.97. The smallest absolute Gasteiger partial charge is 0.209 e. The molecule has 18 heavy (non-hydrogen) atoms. The van der Waals surface area contributed by atoms with Crippen molar-refractivity contribution in [2.24, 2.45) is 23.7 Å². The van der Waals surface area contributed by atoms with Crippen LogP contribution in [0.15, 0.2) is 24.8 Å². The Morgan fingerprint density at radius 3 is 2.83 bits per heavy atom. The van der Waals surface area contributed by atoms with E-state index in [1.54, 1.807) is 0 Å². The fraction of sp³-hybridized carbons (Fsp3) is 0.588. The lowest BCUT2D eigenvalue weighted by Gasteiger charge is -2.26. The van der Waals surface area contributed by atoms with Gasteiger partial charge in [0.1, 0.15) is 0 Å². The standard InChI is InChI=1S/C17H22O/c1-3-5-6-7-8-9-15-13-10-11-14(12-13)17(15)16(18)4-2/h2-3,8-9,13-15,17H,1,5-7,10-12H2/b9-8-/t13-,14+,15-,17+/m1/s1. The summed E-state index contributed by atoms with van der Waals surface area (Å²) in [4.78, 5) is 11.9. The van der Waals surface area contributed by atoms with Crippen molar-refractivity contribution < 1.29 is 4.79 Å². The van der Waals surface area contributed by atoms with Crippen LogP contribution in [0.25, 0.3) is 0 Å². The number of ketones is 1. The van der Waals surface area contributed by atoms with Crippen molar-refractivity contribution in [2.45, 2.75) is 38.5 Å². The minimum atomic E-state index is 0.0305. The molecule has 0 aromatic carbocycles. The highest BCUT2D eigenvalue weighted by Crippen LogP contribution is 2.53. The molecule has 0 amide bonds. The number of fused-ring (bicyclic) bond motifs is 2. The van der Waals surface area contributed by atoms with Gasteiger partial charge in [0.05, 0.1) is 0 Å². The SMILES string of the molecule is C#CC(=O)[C@H]1[C@H]2CC[C@H](C2)[C@H]1/C=C\CCCC=C. The number of hydrogen-bond acceptors (Lipinski definition) is 1. The minimum Gasteiger partial charge on any atom is -0.285 e. The summed E-state index contributed by atoms with van der Waals surface area (Å²) >= 11 is 0. The summed E-state index contributed by atoms with van der Waals surface area (Å²) in [7, 11) is 0. The van der Waals surface area contributed by atoms with Gasteiger partial charge in [-0.05, 0) is 62.2 Å². The predicted molar refractivity (Wildman–Crippen MR) is 74.8 cm³/mol. The number of rotatable bonds is 6. The first kappa shape index (κ1) is 13.1. The Morgan fingerprint density at radius 2 is 2.11 bits per heavy atom. The number of Topliss-reactive ketones (excluding diaryl/α,β-unsaturated/α-hetero) is 1. The Bertz CT molecular complexity index is 385. The molecular formula is C17H22O. The van der Waals surface area contributed by atoms with E-state index in [2.05, 4.69) is 24.7 Å². The van der Waals surface area contributed by atoms with Crippen LogP contribution in [-0.4, -0.2) is 5.78 Å². The number of carbonyl (C=O) groups excluding carboxylic acids is 1. The molecule has 4 atom stereocenters. The normalized spacial score (nSPS) is 33.7. The van der Waals surface area contributed by atoms with E-state index in [0.29, 0.717) is 17.8 Å². The van der Waals surface area contributed by atoms with Crippen molar-refractivity contribution in [1.82, 2.24) is 0 Å². The van der Waals surface area contributed by atoms with E-state index >= 15 is 0 Å². The van der Waals surface area contributed by atoms with Crippen LogP contribution in [0.4, 0.5) is 0 Å². The van der Waals surface area contributed by atoms with Crippen LogP contribution >= 0.6 is 0 Å². The van der Waals surface area contributed by atoms with E-state index < -0.39 is 0 Å². The molecule has 0 unspecified atom stereocenters. The van der Waals surface area contributed by atoms with Crippen LogP contribution in [0.3, 0.4) is 0 Å². The first-order valence-electron chi connectivity index (χ1n) is 7.06. The fourth-order valence-corrected chi connectivity index (χ4v) is 3.73. The van der Waals surface area contributed by atoms with E-state index in [9.17, 15) is 4.79 Å². The van der Waals surface area contributed by atoms with E-state index in [1.165, 1.54) is 19.3 Å². The van der Waals surface area contributed by atoms with Crippen LogP contribution in [0.2, 0.25) is 0 Å². The lowest BCUT2D eigenvalue weighted by atomic mass is 9.77. The number of carbonyl (C=O) groups is 1. The van der Waals surface area contributed by atoms with Gasteiger partial charge < -0.3 is 0 Å². The molecule has 2 aliphatic rings. The summed E-state index contributed by atoms with van der Waals surface area (Å²) in [5, 5.41) is 0. The number of hydrogen-bond donors (Lipinski definition) is 0. The zero-order chi connectivity index (χ0) is 13.0. The summed E-state index contributed by atoms with van der Waals surface area (Å²) in [6.07, 6.45) is 18.7. The van der Waals surface area contributed by atoms with Gasteiger partial charge >= 0.3 is 0 Å². The lowest BCUT2D eigenvalue weighted by molar-refractivity contribution is -0.119. The van der Waals surface area contributed by atoms with Crippen LogP contribution in [-0.2, 0) is 4.79 Å². The number of allylic oxidation sites excluding steroid dienone is 3. The molecule has 2 rings (SSSR count). The Balaban J connectivity index is 1.95. The fourth-order valence-electron chi connectivity index (χ4n) is 3.73. The zero-order valence-corrected chi connectivity index (χ0v) is 11.0. The van der Waals surface area contributed by atoms with E-state index in [0.717, 1.165) is 19.3 Å². The van der Waals surface area contributed by atoms with Gasteiger partial charge in [-0.3, -0.25) is 4.79 Å². The van der Waals surface area contributed by atoms with Crippen molar-refractivity contribution in [1.29, 1.82) is 0 Å². The molecule has 0 aromatic heterocycles. The summed E-state index contributed by atoms with van der Waals surface area (Å²) in [6.45, 7) is 3.72. The number of unbranched alkanes of at least 4 members (excludes halogenated alkanes) is 2. The van der Waals surface area contributed by atoms with Crippen LogP contribution < -0.4 is 0 Å².